The van der Waals surface area contributed by atoms with E-state index in [9.17, 15) is 19.5 Å². The maximum Gasteiger partial charge on any atom is 0.329 e. The molecule has 110 valence electrons. The van der Waals surface area contributed by atoms with Gasteiger partial charge in [-0.3, -0.25) is 9.59 Å². The molecule has 1 amide bonds. The first kappa shape index (κ1) is 15.9. The second kappa shape index (κ2) is 5.85. The van der Waals surface area contributed by atoms with Gasteiger partial charge in [0.2, 0.25) is 0 Å². The van der Waals surface area contributed by atoms with E-state index < -0.39 is 23.0 Å². The third kappa shape index (κ3) is 3.04. The van der Waals surface area contributed by atoms with Gasteiger partial charge in [-0.15, -0.1) is 0 Å². The minimum atomic E-state index is -1.40. The lowest BCUT2D eigenvalue weighted by molar-refractivity contribution is -0.144. The zero-order valence-corrected chi connectivity index (χ0v) is 12.0. The summed E-state index contributed by atoms with van der Waals surface area (Å²) >= 11 is 0. The van der Waals surface area contributed by atoms with Crippen LogP contribution in [0.15, 0.2) is 4.79 Å². The van der Waals surface area contributed by atoms with Gasteiger partial charge in [0.1, 0.15) is 11.1 Å². The maximum atomic E-state index is 12.2. The third-order valence-corrected chi connectivity index (χ3v) is 3.31. The van der Waals surface area contributed by atoms with Gasteiger partial charge >= 0.3 is 5.97 Å². The van der Waals surface area contributed by atoms with Crippen LogP contribution in [0.1, 0.15) is 48.3 Å². The number of aromatic amines is 1. The molecule has 0 fully saturated rings. The second-order valence-electron chi connectivity index (χ2n) is 4.98. The lowest BCUT2D eigenvalue weighted by atomic mass is 9.95. The van der Waals surface area contributed by atoms with E-state index in [4.69, 9.17) is 0 Å². The summed E-state index contributed by atoms with van der Waals surface area (Å²) in [6.07, 6.45) is 0.864. The van der Waals surface area contributed by atoms with Gasteiger partial charge in [-0.1, -0.05) is 13.3 Å². The number of carbonyl (C=O) groups excluding carboxylic acids is 1. The van der Waals surface area contributed by atoms with Gasteiger partial charge in [-0.25, -0.2) is 9.89 Å². The minimum absolute atomic E-state index is 0.0962. The summed E-state index contributed by atoms with van der Waals surface area (Å²) in [6, 6.07) is 0. The Hall–Kier alpha value is -2.18. The van der Waals surface area contributed by atoms with Crippen molar-refractivity contribution in [3.05, 3.63) is 27.2 Å². The Morgan fingerprint density at radius 2 is 2.00 bits per heavy atom. The van der Waals surface area contributed by atoms with E-state index in [1.165, 1.54) is 6.92 Å². The normalized spacial score (nSPS) is 13.6. The van der Waals surface area contributed by atoms with Gasteiger partial charge in [0.15, 0.2) is 0 Å². The number of rotatable bonds is 5. The number of carboxylic acids is 1. The number of carboxylic acid groups (broad SMARTS) is 1. The predicted molar refractivity (Wildman–Crippen MR) is 72.7 cm³/mol. The lowest BCUT2D eigenvalue weighted by Gasteiger charge is -2.25. The molecule has 1 heterocycles. The first-order valence-electron chi connectivity index (χ1n) is 6.34. The zero-order valence-electron chi connectivity index (χ0n) is 12.0. The van der Waals surface area contributed by atoms with Crippen molar-refractivity contribution in [2.75, 3.05) is 0 Å². The minimum Gasteiger partial charge on any atom is -0.480 e. The zero-order chi connectivity index (χ0) is 15.5. The van der Waals surface area contributed by atoms with Crippen molar-refractivity contribution in [3.63, 3.8) is 0 Å². The summed E-state index contributed by atoms with van der Waals surface area (Å²) < 4.78 is 0. The fraction of sp³-hybridized carbons (Fsp3) is 0.538. The van der Waals surface area contributed by atoms with Crippen LogP contribution in [0.5, 0.6) is 0 Å². The Bertz CT molecular complexity index is 594. The van der Waals surface area contributed by atoms with Gasteiger partial charge < -0.3 is 10.4 Å². The standard InChI is InChI=1S/C13H19N3O4/c1-5-6-13(4,12(19)20)14-10(17)9-7(2)8(3)15-16-11(9)18/h5-6H2,1-4H3,(H,14,17)(H,16,18)(H,19,20). The lowest BCUT2D eigenvalue weighted by Crippen LogP contribution is -2.53. The van der Waals surface area contributed by atoms with Crippen LogP contribution in [0, 0.1) is 13.8 Å². The highest BCUT2D eigenvalue weighted by molar-refractivity contribution is 5.98. The summed E-state index contributed by atoms with van der Waals surface area (Å²) in [4.78, 5) is 35.2. The van der Waals surface area contributed by atoms with Crippen molar-refractivity contribution in [2.45, 2.75) is 46.1 Å². The van der Waals surface area contributed by atoms with Gasteiger partial charge in [0, 0.05) is 0 Å². The van der Waals surface area contributed by atoms with Crippen LogP contribution in [0.3, 0.4) is 0 Å². The maximum absolute atomic E-state index is 12.2. The van der Waals surface area contributed by atoms with Crippen molar-refractivity contribution >= 4 is 11.9 Å². The quantitative estimate of drug-likeness (QED) is 0.737. The number of H-pyrrole nitrogens is 1. The Balaban J connectivity index is 3.17. The number of hydrogen-bond donors (Lipinski definition) is 3. The molecule has 0 radical (unpaired) electrons. The van der Waals surface area contributed by atoms with Crippen LogP contribution in [0.4, 0.5) is 0 Å². The highest BCUT2D eigenvalue weighted by Gasteiger charge is 2.35. The molecule has 20 heavy (non-hydrogen) atoms. The van der Waals surface area contributed by atoms with Gasteiger partial charge in [0.25, 0.3) is 11.5 Å². The molecule has 1 atom stereocenters. The first-order chi connectivity index (χ1) is 9.23. The molecule has 3 N–H and O–H groups in total. The molecule has 0 saturated carbocycles. The third-order valence-electron chi connectivity index (χ3n) is 3.31. The summed E-state index contributed by atoms with van der Waals surface area (Å²) in [7, 11) is 0. The smallest absolute Gasteiger partial charge is 0.329 e. The molecule has 0 spiro atoms. The van der Waals surface area contributed by atoms with E-state index in [1.54, 1.807) is 13.8 Å². The molecule has 1 unspecified atom stereocenters. The Labute approximate surface area is 116 Å². The van der Waals surface area contributed by atoms with Gasteiger partial charge in [0.05, 0.1) is 5.69 Å². The van der Waals surface area contributed by atoms with Crippen LogP contribution in [-0.4, -0.2) is 32.7 Å². The molecule has 0 aliphatic rings. The number of hydrogen-bond acceptors (Lipinski definition) is 4. The average molecular weight is 281 g/mol. The van der Waals surface area contributed by atoms with Crippen LogP contribution < -0.4 is 10.9 Å². The summed E-state index contributed by atoms with van der Waals surface area (Å²) in [5.41, 5.74) is -1.17. The molecule has 0 aliphatic heterocycles. The SMILES string of the molecule is CCCC(C)(NC(=O)c1c(C)c(C)n[nH]c1=O)C(=O)O. The summed E-state index contributed by atoms with van der Waals surface area (Å²) in [5, 5.41) is 17.7. The monoisotopic (exact) mass is 281 g/mol. The molecule has 1 aromatic heterocycles. The molecule has 1 aromatic rings. The predicted octanol–water partition coefficient (Wildman–Crippen LogP) is 0.760. The number of amides is 1. The highest BCUT2D eigenvalue weighted by atomic mass is 16.4. The fourth-order valence-corrected chi connectivity index (χ4v) is 1.93. The molecule has 1 rings (SSSR count). The molecule has 0 aromatic carbocycles. The molecular formula is C13H19N3O4. The van der Waals surface area contributed by atoms with Crippen LogP contribution in [0.2, 0.25) is 0 Å². The number of aliphatic carboxylic acids is 1. The van der Waals surface area contributed by atoms with Crippen LogP contribution in [-0.2, 0) is 4.79 Å². The van der Waals surface area contributed by atoms with E-state index in [0.717, 1.165) is 0 Å². The molecule has 7 heteroatoms. The van der Waals surface area contributed by atoms with Crippen molar-refractivity contribution in [3.8, 4) is 0 Å². The van der Waals surface area contributed by atoms with Crippen LogP contribution >= 0.6 is 0 Å². The molecule has 0 bridgehead atoms. The Morgan fingerprint density at radius 3 is 2.50 bits per heavy atom. The van der Waals surface area contributed by atoms with Crippen molar-refractivity contribution in [1.29, 1.82) is 0 Å². The Morgan fingerprint density at radius 1 is 1.40 bits per heavy atom. The first-order valence-corrected chi connectivity index (χ1v) is 6.34. The number of nitrogens with zero attached hydrogens (tertiary/aromatic N) is 1. The van der Waals surface area contributed by atoms with E-state index >= 15 is 0 Å². The van der Waals surface area contributed by atoms with E-state index in [1.807, 2.05) is 6.92 Å². The van der Waals surface area contributed by atoms with Gasteiger partial charge in [-0.05, 0) is 32.8 Å². The molecule has 0 aliphatic carbocycles. The van der Waals surface area contributed by atoms with Crippen molar-refractivity contribution in [1.82, 2.24) is 15.5 Å². The summed E-state index contributed by atoms with van der Waals surface area (Å²) in [6.45, 7) is 6.51. The Kier molecular flexibility index (Phi) is 4.65. The van der Waals surface area contributed by atoms with Crippen molar-refractivity contribution in [2.24, 2.45) is 0 Å². The molecular weight excluding hydrogens is 262 g/mol. The number of aromatic nitrogens is 2. The topological polar surface area (TPSA) is 112 Å². The second-order valence-corrected chi connectivity index (χ2v) is 4.98. The number of nitrogens with one attached hydrogen (secondary N) is 2. The van der Waals surface area contributed by atoms with E-state index in [2.05, 4.69) is 15.5 Å². The van der Waals surface area contributed by atoms with Gasteiger partial charge in [-0.2, -0.15) is 5.10 Å². The van der Waals surface area contributed by atoms with Crippen LogP contribution in [0.25, 0.3) is 0 Å². The average Bonchev–Trinajstić information content (AvgIpc) is 2.34. The highest BCUT2D eigenvalue weighted by Crippen LogP contribution is 2.14. The fourth-order valence-electron chi connectivity index (χ4n) is 1.93. The van der Waals surface area contributed by atoms with E-state index in [0.29, 0.717) is 17.7 Å². The number of carbonyl (C=O) groups is 2. The van der Waals surface area contributed by atoms with E-state index in [-0.39, 0.29) is 12.0 Å². The summed E-state index contributed by atoms with van der Waals surface area (Å²) in [5.74, 6) is -1.83. The molecule has 7 nitrogen and oxygen atoms in total. The number of aryl methyl sites for hydroxylation is 1. The largest absolute Gasteiger partial charge is 0.480 e. The molecule has 0 saturated heterocycles. The van der Waals surface area contributed by atoms with Crippen molar-refractivity contribution < 1.29 is 14.7 Å².